The van der Waals surface area contributed by atoms with Crippen molar-refractivity contribution in [2.75, 3.05) is 0 Å². The second kappa shape index (κ2) is 3.87. The van der Waals surface area contributed by atoms with E-state index in [0.717, 1.165) is 6.20 Å². The molecule has 0 bridgehead atoms. The fourth-order valence-corrected chi connectivity index (χ4v) is 1.07. The van der Waals surface area contributed by atoms with Gasteiger partial charge in [-0.1, -0.05) is 18.2 Å². The number of pyridine rings is 1. The van der Waals surface area contributed by atoms with Crippen molar-refractivity contribution in [1.82, 2.24) is 4.98 Å². The van der Waals surface area contributed by atoms with Gasteiger partial charge in [-0.15, -0.1) is 0 Å². The van der Waals surface area contributed by atoms with Gasteiger partial charge >= 0.3 is 0 Å². The van der Waals surface area contributed by atoms with Gasteiger partial charge in [0.1, 0.15) is 17.3 Å². The summed E-state index contributed by atoms with van der Waals surface area (Å²) in [4.78, 5) is 3.68. The zero-order valence-corrected chi connectivity index (χ0v) is 7.35. The number of rotatable bonds is 2. The van der Waals surface area contributed by atoms with E-state index < -0.39 is 5.82 Å². The summed E-state index contributed by atoms with van der Waals surface area (Å²) in [5, 5.41) is 0. The minimum Gasteiger partial charge on any atom is -0.456 e. The monoisotopic (exact) mass is 189 g/mol. The molecule has 2 rings (SSSR count). The molecule has 0 fully saturated rings. The summed E-state index contributed by atoms with van der Waals surface area (Å²) in [5.74, 6) is 0.662. The smallest absolute Gasteiger partial charge is 0.148 e. The lowest BCUT2D eigenvalue weighted by atomic mass is 10.3. The van der Waals surface area contributed by atoms with Crippen LogP contribution in [0.5, 0.6) is 11.5 Å². The molecule has 1 aromatic carbocycles. The first-order chi connectivity index (χ1) is 6.84. The molecule has 2 aromatic rings. The van der Waals surface area contributed by atoms with Crippen LogP contribution in [0, 0.1) is 5.82 Å². The molecule has 70 valence electrons. The van der Waals surface area contributed by atoms with Gasteiger partial charge in [0.05, 0.1) is 12.4 Å². The van der Waals surface area contributed by atoms with E-state index >= 15 is 0 Å². The van der Waals surface area contributed by atoms with Gasteiger partial charge < -0.3 is 4.74 Å². The number of ether oxygens (including phenoxy) is 1. The molecule has 0 aliphatic carbocycles. The Morgan fingerprint density at radius 1 is 1.00 bits per heavy atom. The van der Waals surface area contributed by atoms with E-state index in [1.54, 1.807) is 12.1 Å². The van der Waals surface area contributed by atoms with E-state index in [1.807, 2.05) is 18.2 Å². The first-order valence-corrected chi connectivity index (χ1v) is 4.18. The first-order valence-electron chi connectivity index (χ1n) is 4.18. The third kappa shape index (κ3) is 2.07. The Balaban J connectivity index is 2.19. The van der Waals surface area contributed by atoms with E-state index in [-0.39, 0.29) is 0 Å². The predicted molar refractivity (Wildman–Crippen MR) is 50.7 cm³/mol. The predicted octanol–water partition coefficient (Wildman–Crippen LogP) is 3.01. The molecule has 0 saturated heterocycles. The molecule has 14 heavy (non-hydrogen) atoms. The molecule has 1 aromatic heterocycles. The Kier molecular flexibility index (Phi) is 2.40. The number of nitrogens with zero attached hydrogens (tertiary/aromatic N) is 1. The standard InChI is InChI=1S/C11H8FNO/c12-9-6-11(8-13-7-9)14-10-4-2-1-3-5-10/h1-8H. The van der Waals surface area contributed by atoms with Crippen LogP contribution in [0.25, 0.3) is 0 Å². The van der Waals surface area contributed by atoms with Crippen molar-refractivity contribution >= 4 is 0 Å². The van der Waals surface area contributed by atoms with Gasteiger partial charge in [-0.3, -0.25) is 4.98 Å². The van der Waals surface area contributed by atoms with Gasteiger partial charge in [-0.2, -0.15) is 0 Å². The Hall–Kier alpha value is -1.90. The molecule has 0 radical (unpaired) electrons. The zero-order valence-electron chi connectivity index (χ0n) is 7.35. The van der Waals surface area contributed by atoms with Gasteiger partial charge in [0.25, 0.3) is 0 Å². The van der Waals surface area contributed by atoms with Crippen molar-refractivity contribution in [3.8, 4) is 11.5 Å². The van der Waals surface area contributed by atoms with E-state index in [9.17, 15) is 4.39 Å². The summed E-state index contributed by atoms with van der Waals surface area (Å²) in [6.07, 6.45) is 2.61. The summed E-state index contributed by atoms with van der Waals surface area (Å²) >= 11 is 0. The van der Waals surface area contributed by atoms with Crippen molar-refractivity contribution in [2.45, 2.75) is 0 Å². The molecule has 0 unspecified atom stereocenters. The second-order valence-corrected chi connectivity index (χ2v) is 2.75. The highest BCUT2D eigenvalue weighted by molar-refractivity contribution is 5.28. The number of hydrogen-bond donors (Lipinski definition) is 0. The highest BCUT2D eigenvalue weighted by Crippen LogP contribution is 2.19. The van der Waals surface area contributed by atoms with Crippen molar-refractivity contribution in [1.29, 1.82) is 0 Å². The van der Waals surface area contributed by atoms with Crippen LogP contribution < -0.4 is 4.74 Å². The van der Waals surface area contributed by atoms with Crippen LogP contribution in [0.2, 0.25) is 0 Å². The fraction of sp³-hybridized carbons (Fsp3) is 0. The number of para-hydroxylation sites is 1. The van der Waals surface area contributed by atoms with E-state index in [2.05, 4.69) is 4.98 Å². The molecule has 0 N–H and O–H groups in total. The number of aromatic nitrogens is 1. The second-order valence-electron chi connectivity index (χ2n) is 2.75. The molecule has 0 spiro atoms. The third-order valence-electron chi connectivity index (χ3n) is 1.66. The summed E-state index contributed by atoms with van der Waals surface area (Å²) in [7, 11) is 0. The maximum atomic E-state index is 12.7. The third-order valence-corrected chi connectivity index (χ3v) is 1.66. The summed E-state index contributed by atoms with van der Waals surface area (Å²) in [6.45, 7) is 0. The van der Waals surface area contributed by atoms with Crippen LogP contribution in [0.4, 0.5) is 4.39 Å². The largest absolute Gasteiger partial charge is 0.456 e. The van der Waals surface area contributed by atoms with Gasteiger partial charge in [-0.05, 0) is 12.1 Å². The summed E-state index contributed by atoms with van der Waals surface area (Å²) in [5.41, 5.74) is 0. The van der Waals surface area contributed by atoms with Gasteiger partial charge in [0, 0.05) is 6.07 Å². The Morgan fingerprint density at radius 2 is 1.79 bits per heavy atom. The van der Waals surface area contributed by atoms with E-state index in [0.29, 0.717) is 11.5 Å². The minimum absolute atomic E-state index is 0.399. The average molecular weight is 189 g/mol. The number of benzene rings is 1. The summed E-state index contributed by atoms with van der Waals surface area (Å²) in [6, 6.07) is 10.5. The van der Waals surface area contributed by atoms with Crippen LogP contribution in [0.1, 0.15) is 0 Å². The lowest BCUT2D eigenvalue weighted by Crippen LogP contribution is -1.86. The Labute approximate surface area is 81.0 Å². The highest BCUT2D eigenvalue weighted by Gasteiger charge is 1.97. The molecule has 1 heterocycles. The SMILES string of the molecule is Fc1cncc(Oc2ccccc2)c1. The topological polar surface area (TPSA) is 22.1 Å². The van der Waals surface area contributed by atoms with Crippen molar-refractivity contribution < 1.29 is 9.13 Å². The molecular formula is C11H8FNO. The average Bonchev–Trinajstić information content (AvgIpc) is 2.19. The first kappa shape index (κ1) is 8.69. The maximum Gasteiger partial charge on any atom is 0.148 e. The van der Waals surface area contributed by atoms with Crippen molar-refractivity contribution in [2.24, 2.45) is 0 Å². The van der Waals surface area contributed by atoms with Crippen LogP contribution in [0.3, 0.4) is 0 Å². The van der Waals surface area contributed by atoms with Crippen LogP contribution in [-0.2, 0) is 0 Å². The molecule has 0 saturated carbocycles. The molecule has 0 atom stereocenters. The number of hydrogen-bond acceptors (Lipinski definition) is 2. The van der Waals surface area contributed by atoms with Crippen molar-refractivity contribution in [3.63, 3.8) is 0 Å². The molecule has 2 nitrogen and oxygen atoms in total. The Morgan fingerprint density at radius 3 is 2.50 bits per heavy atom. The summed E-state index contributed by atoms with van der Waals surface area (Å²) < 4.78 is 18.1. The fourth-order valence-electron chi connectivity index (χ4n) is 1.07. The molecule has 0 aliphatic heterocycles. The quantitative estimate of drug-likeness (QED) is 0.724. The number of halogens is 1. The van der Waals surface area contributed by atoms with Crippen LogP contribution in [-0.4, -0.2) is 4.98 Å². The van der Waals surface area contributed by atoms with Crippen molar-refractivity contribution in [3.05, 3.63) is 54.6 Å². The van der Waals surface area contributed by atoms with E-state index in [4.69, 9.17) is 4.74 Å². The molecular weight excluding hydrogens is 181 g/mol. The highest BCUT2D eigenvalue weighted by atomic mass is 19.1. The Bertz CT molecular complexity index is 417. The lowest BCUT2D eigenvalue weighted by Gasteiger charge is -2.03. The normalized spacial score (nSPS) is 9.79. The molecule has 0 aliphatic rings. The van der Waals surface area contributed by atoms with Crippen LogP contribution in [0.15, 0.2) is 48.8 Å². The van der Waals surface area contributed by atoms with Gasteiger partial charge in [-0.25, -0.2) is 4.39 Å². The molecule has 0 amide bonds. The van der Waals surface area contributed by atoms with Gasteiger partial charge in [0.15, 0.2) is 0 Å². The minimum atomic E-state index is -0.404. The van der Waals surface area contributed by atoms with Gasteiger partial charge in [0.2, 0.25) is 0 Å². The van der Waals surface area contributed by atoms with E-state index in [1.165, 1.54) is 12.3 Å². The lowest BCUT2D eigenvalue weighted by molar-refractivity contribution is 0.473. The van der Waals surface area contributed by atoms with Crippen LogP contribution >= 0.6 is 0 Å². The maximum absolute atomic E-state index is 12.7. The molecule has 3 heteroatoms. The zero-order chi connectivity index (χ0) is 9.80.